The summed E-state index contributed by atoms with van der Waals surface area (Å²) in [4.78, 5) is 38.8. The van der Waals surface area contributed by atoms with E-state index in [-0.39, 0.29) is 5.78 Å². The number of nitroso groups, excluding NO2 is 1. The number of carbonyl (C=O) groups is 2. The number of hydrogen-bond donors (Lipinski definition) is 1. The normalized spacial score (nSPS) is 18.6. The largest absolute Gasteiger partial charge is 0.323 e. The predicted molar refractivity (Wildman–Crippen MR) is 103 cm³/mol. The highest BCUT2D eigenvalue weighted by Crippen LogP contribution is 2.41. The number of likely N-dealkylation sites (N-methyl/N-ethyl adjacent to an activating group) is 1. The zero-order chi connectivity index (χ0) is 19.1. The van der Waals surface area contributed by atoms with Gasteiger partial charge < -0.3 is 10.2 Å². The van der Waals surface area contributed by atoms with Crippen LogP contribution in [-0.4, -0.2) is 30.2 Å². The second kappa shape index (κ2) is 6.70. The summed E-state index contributed by atoms with van der Waals surface area (Å²) >= 11 is 0. The van der Waals surface area contributed by atoms with Crippen molar-refractivity contribution in [1.82, 2.24) is 4.90 Å². The summed E-state index contributed by atoms with van der Waals surface area (Å²) in [6, 6.07) is 8.21. The number of carbonyl (C=O) groups excluding carboxylic acids is 2. The summed E-state index contributed by atoms with van der Waals surface area (Å²) in [7, 11) is 2.00. The molecule has 6 heteroatoms. The van der Waals surface area contributed by atoms with E-state index in [2.05, 4.69) is 22.3 Å². The van der Waals surface area contributed by atoms with E-state index in [9.17, 15) is 14.5 Å². The van der Waals surface area contributed by atoms with Gasteiger partial charge in [-0.3, -0.25) is 9.59 Å². The van der Waals surface area contributed by atoms with Crippen molar-refractivity contribution in [1.29, 1.82) is 0 Å². The molecule has 6 nitrogen and oxygen atoms in total. The first kappa shape index (κ1) is 17.5. The quantitative estimate of drug-likeness (QED) is 0.668. The topological polar surface area (TPSA) is 78.8 Å². The van der Waals surface area contributed by atoms with Crippen molar-refractivity contribution in [2.45, 2.75) is 32.4 Å². The van der Waals surface area contributed by atoms with Crippen molar-refractivity contribution in [3.63, 3.8) is 0 Å². The van der Waals surface area contributed by atoms with Gasteiger partial charge in [-0.15, -0.1) is 4.91 Å². The lowest BCUT2D eigenvalue weighted by atomic mass is 9.86. The Kier molecular flexibility index (Phi) is 4.36. The van der Waals surface area contributed by atoms with Gasteiger partial charge in [-0.2, -0.15) is 0 Å². The number of anilines is 1. The summed E-state index contributed by atoms with van der Waals surface area (Å²) in [6.07, 6.45) is 1.64. The number of rotatable bonds is 4. The summed E-state index contributed by atoms with van der Waals surface area (Å²) in [6.45, 7) is 3.53. The van der Waals surface area contributed by atoms with Gasteiger partial charge >= 0.3 is 0 Å². The summed E-state index contributed by atoms with van der Waals surface area (Å²) in [5.74, 6) is -0.502. The van der Waals surface area contributed by atoms with Gasteiger partial charge in [-0.25, -0.2) is 0 Å². The number of aryl methyl sites for hydroxylation is 1. The maximum Gasteiger partial charge on any atom is 0.257 e. The maximum absolute atomic E-state index is 13.2. The van der Waals surface area contributed by atoms with Crippen LogP contribution in [0.15, 0.2) is 35.5 Å². The molecule has 27 heavy (non-hydrogen) atoms. The number of nitrogens with zero attached hydrogens (tertiary/aromatic N) is 2. The lowest BCUT2D eigenvalue weighted by Crippen LogP contribution is -2.29. The van der Waals surface area contributed by atoms with Gasteiger partial charge in [0, 0.05) is 29.8 Å². The van der Waals surface area contributed by atoms with Gasteiger partial charge in [0.15, 0.2) is 11.8 Å². The van der Waals surface area contributed by atoms with Crippen molar-refractivity contribution < 1.29 is 9.59 Å². The smallest absolute Gasteiger partial charge is 0.257 e. The van der Waals surface area contributed by atoms with Crippen LogP contribution >= 0.6 is 0 Å². The van der Waals surface area contributed by atoms with Gasteiger partial charge in [0.25, 0.3) is 5.91 Å². The van der Waals surface area contributed by atoms with Crippen LogP contribution < -0.4 is 5.32 Å². The van der Waals surface area contributed by atoms with Gasteiger partial charge in [0.2, 0.25) is 0 Å². The molecule has 0 spiro atoms. The molecule has 1 atom stereocenters. The van der Waals surface area contributed by atoms with E-state index in [1.165, 1.54) is 5.56 Å². The molecule has 1 unspecified atom stereocenters. The van der Waals surface area contributed by atoms with E-state index in [0.717, 1.165) is 30.5 Å². The van der Waals surface area contributed by atoms with Crippen LogP contribution in [-0.2, 0) is 24.2 Å². The van der Waals surface area contributed by atoms with Crippen LogP contribution in [0.2, 0.25) is 0 Å². The second-order valence-corrected chi connectivity index (χ2v) is 7.21. The average molecular weight is 363 g/mol. The molecule has 4 rings (SSSR count). The zero-order valence-electron chi connectivity index (χ0n) is 15.4. The SMILES string of the molecule is CCc1ccc(C(=O)c2cc3c(c4c2CCN(C)C4)NC(=O)C3N=O)cc1. The molecule has 0 saturated heterocycles. The maximum atomic E-state index is 13.2. The molecular weight excluding hydrogens is 342 g/mol. The molecule has 2 heterocycles. The predicted octanol–water partition coefficient (Wildman–Crippen LogP) is 3.23. The Morgan fingerprint density at radius 3 is 2.67 bits per heavy atom. The first-order valence-electron chi connectivity index (χ1n) is 9.17. The van der Waals surface area contributed by atoms with Crippen LogP contribution in [0.5, 0.6) is 0 Å². The first-order chi connectivity index (χ1) is 13.0. The fraction of sp³-hybridized carbons (Fsp3) is 0.333. The molecule has 138 valence electrons. The highest BCUT2D eigenvalue weighted by Gasteiger charge is 2.37. The van der Waals surface area contributed by atoms with Crippen LogP contribution in [0, 0.1) is 4.91 Å². The molecule has 0 aliphatic carbocycles. The van der Waals surface area contributed by atoms with Crippen LogP contribution in [0.25, 0.3) is 0 Å². The Balaban J connectivity index is 1.86. The molecule has 2 aliphatic heterocycles. The molecule has 0 radical (unpaired) electrons. The first-order valence-corrected chi connectivity index (χ1v) is 9.17. The van der Waals surface area contributed by atoms with E-state index in [4.69, 9.17) is 0 Å². The van der Waals surface area contributed by atoms with Crippen molar-refractivity contribution in [2.24, 2.45) is 5.18 Å². The third-order valence-electron chi connectivity index (χ3n) is 5.52. The average Bonchev–Trinajstić information content (AvgIpc) is 3.02. The molecular formula is C21H21N3O3. The molecule has 0 saturated carbocycles. The highest BCUT2D eigenvalue weighted by atomic mass is 16.3. The Labute approximate surface area is 157 Å². The lowest BCUT2D eigenvalue weighted by Gasteiger charge is -2.28. The summed E-state index contributed by atoms with van der Waals surface area (Å²) < 4.78 is 0. The molecule has 0 aromatic heterocycles. The fourth-order valence-electron chi connectivity index (χ4n) is 3.96. The van der Waals surface area contributed by atoms with Gasteiger partial charge in [0.05, 0.1) is 5.69 Å². The van der Waals surface area contributed by atoms with E-state index in [0.29, 0.717) is 28.9 Å². The third-order valence-corrected chi connectivity index (χ3v) is 5.52. The Bertz CT molecular complexity index is 950. The highest BCUT2D eigenvalue weighted by molar-refractivity contribution is 6.12. The molecule has 2 aromatic carbocycles. The third kappa shape index (κ3) is 2.86. The standard InChI is InChI=1S/C21H21N3O3/c1-3-12-4-6-13(7-5-12)20(25)15-10-16-18(22-21(26)19(16)23-27)17-11-24(2)9-8-14(15)17/h4-7,10,19H,3,8-9,11H2,1-2H3,(H,22,26). The van der Waals surface area contributed by atoms with E-state index < -0.39 is 11.9 Å². The minimum Gasteiger partial charge on any atom is -0.323 e. The second-order valence-electron chi connectivity index (χ2n) is 7.21. The Morgan fingerprint density at radius 2 is 2.00 bits per heavy atom. The fourth-order valence-corrected chi connectivity index (χ4v) is 3.96. The van der Waals surface area contributed by atoms with Crippen LogP contribution in [0.3, 0.4) is 0 Å². The van der Waals surface area contributed by atoms with Crippen molar-refractivity contribution in [3.8, 4) is 0 Å². The lowest BCUT2D eigenvalue weighted by molar-refractivity contribution is -0.116. The Morgan fingerprint density at radius 1 is 1.26 bits per heavy atom. The number of fused-ring (bicyclic) bond motifs is 3. The number of hydrogen-bond acceptors (Lipinski definition) is 5. The summed E-state index contributed by atoms with van der Waals surface area (Å²) in [5, 5.41) is 5.78. The van der Waals surface area contributed by atoms with Gasteiger partial charge in [0.1, 0.15) is 0 Å². The molecule has 1 N–H and O–H groups in total. The van der Waals surface area contributed by atoms with Crippen molar-refractivity contribution >= 4 is 17.4 Å². The molecule has 2 aromatic rings. The van der Waals surface area contributed by atoms with Gasteiger partial charge in [-0.1, -0.05) is 36.4 Å². The molecule has 1 amide bonds. The van der Waals surface area contributed by atoms with E-state index in [1.807, 2.05) is 31.3 Å². The Hall–Kier alpha value is -2.86. The van der Waals surface area contributed by atoms with Crippen LogP contribution in [0.1, 0.15) is 51.1 Å². The molecule has 0 fully saturated rings. The molecule has 0 bridgehead atoms. The minimum atomic E-state index is -1.09. The number of ketones is 1. The molecule has 2 aliphatic rings. The van der Waals surface area contributed by atoms with Crippen molar-refractivity contribution in [3.05, 3.63) is 68.6 Å². The number of benzene rings is 2. The summed E-state index contributed by atoms with van der Waals surface area (Å²) in [5.41, 5.74) is 5.41. The van der Waals surface area contributed by atoms with Crippen LogP contribution in [0.4, 0.5) is 5.69 Å². The number of nitrogens with one attached hydrogen (secondary N) is 1. The van der Waals surface area contributed by atoms with Crippen molar-refractivity contribution in [2.75, 3.05) is 18.9 Å². The van der Waals surface area contributed by atoms with E-state index in [1.54, 1.807) is 6.07 Å². The monoisotopic (exact) mass is 363 g/mol. The zero-order valence-corrected chi connectivity index (χ0v) is 15.4. The minimum absolute atomic E-state index is 0.0785. The number of amides is 1. The van der Waals surface area contributed by atoms with Gasteiger partial charge in [-0.05, 0) is 42.6 Å². The van der Waals surface area contributed by atoms with E-state index >= 15 is 0 Å².